The van der Waals surface area contributed by atoms with Gasteiger partial charge in [-0.2, -0.15) is 26.3 Å². The predicted molar refractivity (Wildman–Crippen MR) is 126 cm³/mol. The maximum atomic E-state index is 12.8. The van der Waals surface area contributed by atoms with Crippen LogP contribution in [-0.2, 0) is 16.1 Å². The molecule has 8 nitrogen and oxygen atoms in total. The van der Waals surface area contributed by atoms with E-state index in [0.29, 0.717) is 31.8 Å². The van der Waals surface area contributed by atoms with Crippen molar-refractivity contribution in [3.05, 3.63) is 47.7 Å². The lowest BCUT2D eigenvalue weighted by Crippen LogP contribution is -2.48. The SMILES string of the molecule is CCN=C(C(=O)NCc1ccccc1)C(=CN)CN1CC2CN(C(=O)OC(C(F)(F)F)C(F)(F)F)CC2C1. The Balaban J connectivity index is 1.56. The van der Waals surface area contributed by atoms with Crippen LogP contribution in [0.2, 0.25) is 0 Å². The van der Waals surface area contributed by atoms with Gasteiger partial charge in [0, 0.05) is 57.6 Å². The second-order valence-electron chi connectivity index (χ2n) is 9.15. The number of alkyl halides is 6. The number of hydrogen-bond donors (Lipinski definition) is 2. The smallest absolute Gasteiger partial charge is 0.426 e. The summed E-state index contributed by atoms with van der Waals surface area (Å²) in [6.45, 7) is 3.38. The predicted octanol–water partition coefficient (Wildman–Crippen LogP) is 3.10. The van der Waals surface area contributed by atoms with Gasteiger partial charge in [-0.3, -0.25) is 14.7 Å². The third-order valence-electron chi connectivity index (χ3n) is 6.36. The fraction of sp³-hybridized carbons (Fsp3) is 0.542. The number of likely N-dealkylation sites (tertiary alicyclic amines) is 2. The van der Waals surface area contributed by atoms with E-state index in [-0.39, 0.29) is 37.2 Å². The fourth-order valence-electron chi connectivity index (χ4n) is 4.65. The van der Waals surface area contributed by atoms with Crippen LogP contribution >= 0.6 is 0 Å². The van der Waals surface area contributed by atoms with Gasteiger partial charge in [-0.1, -0.05) is 30.3 Å². The lowest BCUT2D eigenvalue weighted by Gasteiger charge is -2.26. The molecule has 2 atom stereocenters. The van der Waals surface area contributed by atoms with Crippen molar-refractivity contribution in [2.24, 2.45) is 22.6 Å². The average molecular weight is 550 g/mol. The van der Waals surface area contributed by atoms with Crippen molar-refractivity contribution in [2.45, 2.75) is 31.9 Å². The molecule has 0 bridgehead atoms. The summed E-state index contributed by atoms with van der Waals surface area (Å²) in [7, 11) is 0. The standard InChI is InChI=1S/C24H29F6N5O3/c1-2-32-19(20(36)33-9-15-6-4-3-5-7-15)16(8-31)10-34-11-17-13-35(14-18(17)12-34)22(37)38-21(23(25,26)27)24(28,29)30/h3-8,17-18,21H,2,9-14,31H2,1H3,(H,33,36). The molecule has 0 radical (unpaired) electrons. The molecular weight excluding hydrogens is 520 g/mol. The van der Waals surface area contributed by atoms with E-state index in [1.165, 1.54) is 6.20 Å². The summed E-state index contributed by atoms with van der Waals surface area (Å²) in [5.74, 6) is -0.768. The number of nitrogens with one attached hydrogen (secondary N) is 1. The Morgan fingerprint density at radius 1 is 1.08 bits per heavy atom. The van der Waals surface area contributed by atoms with E-state index in [4.69, 9.17) is 5.73 Å². The lowest BCUT2D eigenvalue weighted by atomic mass is 10.0. The Morgan fingerprint density at radius 3 is 2.16 bits per heavy atom. The molecule has 3 rings (SSSR count). The summed E-state index contributed by atoms with van der Waals surface area (Å²) in [6.07, 6.45) is -16.1. The third-order valence-corrected chi connectivity index (χ3v) is 6.36. The van der Waals surface area contributed by atoms with Gasteiger partial charge in [0.15, 0.2) is 0 Å². The van der Waals surface area contributed by atoms with Crippen LogP contribution in [0.1, 0.15) is 12.5 Å². The number of nitrogens with zero attached hydrogens (tertiary/aromatic N) is 3. The zero-order valence-electron chi connectivity index (χ0n) is 20.6. The van der Waals surface area contributed by atoms with E-state index in [9.17, 15) is 35.9 Å². The van der Waals surface area contributed by atoms with Gasteiger partial charge in [0.2, 0.25) is 0 Å². The number of hydrogen-bond acceptors (Lipinski definition) is 6. The minimum Gasteiger partial charge on any atom is -0.426 e. The van der Waals surface area contributed by atoms with Gasteiger partial charge in [0.1, 0.15) is 5.71 Å². The van der Waals surface area contributed by atoms with Crippen molar-refractivity contribution in [2.75, 3.05) is 39.3 Å². The molecule has 2 saturated heterocycles. The molecule has 0 saturated carbocycles. The van der Waals surface area contributed by atoms with Gasteiger partial charge in [-0.25, -0.2) is 4.79 Å². The number of carbonyl (C=O) groups is 2. The Hall–Kier alpha value is -3.29. The number of ether oxygens (including phenoxy) is 1. The summed E-state index contributed by atoms with van der Waals surface area (Å²) in [5, 5.41) is 2.82. The van der Waals surface area contributed by atoms with Crippen molar-refractivity contribution >= 4 is 17.7 Å². The highest BCUT2D eigenvalue weighted by molar-refractivity contribution is 6.45. The second kappa shape index (κ2) is 12.0. The molecule has 2 aliphatic heterocycles. The summed E-state index contributed by atoms with van der Waals surface area (Å²) < 4.78 is 80.2. The van der Waals surface area contributed by atoms with E-state index >= 15 is 0 Å². The van der Waals surface area contributed by atoms with E-state index < -0.39 is 30.5 Å². The second-order valence-corrected chi connectivity index (χ2v) is 9.15. The van der Waals surface area contributed by atoms with Crippen LogP contribution < -0.4 is 11.1 Å². The number of amides is 2. The van der Waals surface area contributed by atoms with Crippen molar-refractivity contribution in [3.8, 4) is 0 Å². The van der Waals surface area contributed by atoms with Gasteiger partial charge in [0.25, 0.3) is 12.0 Å². The Labute approximate surface area is 215 Å². The van der Waals surface area contributed by atoms with E-state index in [1.54, 1.807) is 6.92 Å². The maximum Gasteiger partial charge on any atom is 0.434 e. The van der Waals surface area contributed by atoms with Crippen LogP contribution in [0.3, 0.4) is 0 Å². The monoisotopic (exact) mass is 549 g/mol. The molecule has 14 heteroatoms. The highest BCUT2D eigenvalue weighted by Gasteiger charge is 2.60. The largest absolute Gasteiger partial charge is 0.434 e. The molecule has 3 N–H and O–H groups in total. The number of rotatable bonds is 8. The van der Waals surface area contributed by atoms with Gasteiger partial charge >= 0.3 is 18.4 Å². The first-order chi connectivity index (χ1) is 17.8. The zero-order valence-corrected chi connectivity index (χ0v) is 20.6. The first kappa shape index (κ1) is 29.3. The van der Waals surface area contributed by atoms with E-state index in [2.05, 4.69) is 15.0 Å². The van der Waals surface area contributed by atoms with Crippen molar-refractivity contribution in [1.82, 2.24) is 15.1 Å². The number of carbonyl (C=O) groups excluding carboxylic acids is 2. The quantitative estimate of drug-likeness (QED) is 0.384. The molecule has 1 aromatic rings. The Kier molecular flexibility index (Phi) is 9.28. The Morgan fingerprint density at radius 2 is 1.66 bits per heavy atom. The minimum atomic E-state index is -5.77. The van der Waals surface area contributed by atoms with Crippen LogP contribution in [0.5, 0.6) is 0 Å². The molecule has 210 valence electrons. The number of benzene rings is 1. The topological polar surface area (TPSA) is 100 Å². The first-order valence-electron chi connectivity index (χ1n) is 11.9. The number of aliphatic imine (C=N–C) groups is 1. The number of fused-ring (bicyclic) bond motifs is 1. The van der Waals surface area contributed by atoms with Crippen LogP contribution in [0.15, 0.2) is 47.1 Å². The van der Waals surface area contributed by atoms with E-state index in [0.717, 1.165) is 10.5 Å². The molecule has 2 aliphatic rings. The fourth-order valence-corrected chi connectivity index (χ4v) is 4.65. The van der Waals surface area contributed by atoms with Gasteiger partial charge in [-0.05, 0) is 24.3 Å². The van der Waals surface area contributed by atoms with Gasteiger partial charge in [0.05, 0.1) is 0 Å². The van der Waals surface area contributed by atoms with Crippen LogP contribution in [0.4, 0.5) is 31.1 Å². The molecule has 38 heavy (non-hydrogen) atoms. The average Bonchev–Trinajstić information content (AvgIpc) is 3.41. The molecule has 0 spiro atoms. The van der Waals surface area contributed by atoms with E-state index in [1.807, 2.05) is 35.2 Å². The van der Waals surface area contributed by atoms with Crippen molar-refractivity contribution < 1.29 is 40.7 Å². The molecule has 2 heterocycles. The van der Waals surface area contributed by atoms with Crippen molar-refractivity contribution in [1.29, 1.82) is 0 Å². The molecule has 0 aliphatic carbocycles. The maximum absolute atomic E-state index is 12.8. The summed E-state index contributed by atoms with van der Waals surface area (Å²) in [6, 6.07) is 9.30. The molecule has 1 aromatic carbocycles. The van der Waals surface area contributed by atoms with Crippen molar-refractivity contribution in [3.63, 3.8) is 0 Å². The zero-order chi connectivity index (χ0) is 28.1. The first-order valence-corrected chi connectivity index (χ1v) is 11.9. The number of halogens is 6. The molecule has 0 aromatic heterocycles. The van der Waals surface area contributed by atoms with Crippen LogP contribution in [0.25, 0.3) is 0 Å². The highest BCUT2D eigenvalue weighted by Crippen LogP contribution is 2.37. The summed E-state index contributed by atoms with van der Waals surface area (Å²) >= 11 is 0. The normalized spacial score (nSPS) is 21.1. The summed E-state index contributed by atoms with van der Waals surface area (Å²) in [5.41, 5.74) is 7.38. The van der Waals surface area contributed by atoms with Gasteiger partial charge < -0.3 is 20.7 Å². The minimum absolute atomic E-state index is 0.0441. The highest BCUT2D eigenvalue weighted by atomic mass is 19.4. The summed E-state index contributed by atoms with van der Waals surface area (Å²) in [4.78, 5) is 32.1. The number of nitrogens with two attached hydrogens (primary N) is 1. The lowest BCUT2D eigenvalue weighted by molar-refractivity contribution is -0.308. The van der Waals surface area contributed by atoms with Crippen LogP contribution in [-0.4, -0.2) is 85.2 Å². The molecule has 2 amide bonds. The van der Waals surface area contributed by atoms with Gasteiger partial charge in [-0.15, -0.1) is 0 Å². The molecule has 2 unspecified atom stereocenters. The van der Waals surface area contributed by atoms with Crippen LogP contribution in [0, 0.1) is 11.8 Å². The molecular formula is C24H29F6N5O3. The third kappa shape index (κ3) is 7.39. The molecule has 2 fully saturated rings. The Bertz CT molecular complexity index is 1020.